The van der Waals surface area contributed by atoms with Gasteiger partial charge in [-0.1, -0.05) is 61.9 Å². The molecule has 0 aliphatic carbocycles. The Balaban J connectivity index is 1.93. The Morgan fingerprint density at radius 1 is 1.07 bits per heavy atom. The van der Waals surface area contributed by atoms with Crippen LogP contribution in [0.3, 0.4) is 0 Å². The molecule has 1 aromatic heterocycles. The molecule has 0 amide bonds. The highest BCUT2D eigenvalue weighted by molar-refractivity contribution is 6.03. The molecule has 29 heavy (non-hydrogen) atoms. The number of nitrogens with zero attached hydrogens (tertiary/aromatic N) is 2. The molecular formula is C24H20N4O. The summed E-state index contributed by atoms with van der Waals surface area (Å²) >= 11 is 0. The maximum Gasteiger partial charge on any atom is 0.244 e. The number of aromatic nitrogens is 2. The van der Waals surface area contributed by atoms with E-state index in [-0.39, 0.29) is 11.8 Å². The standard InChI is InChI=1S/C24H20N4O/c1-2-7-19-22-21(18(13-25)23(26)29-24(22)28-27-19)20-16-10-5-3-8-14(16)12-15-9-4-6-11-17(15)20/h3-6,8-12,21H,2,7,26H2,1H3,(H,27,28). The van der Waals surface area contributed by atoms with E-state index in [2.05, 4.69) is 53.5 Å². The molecule has 5 heteroatoms. The van der Waals surface area contributed by atoms with E-state index in [0.29, 0.717) is 11.5 Å². The number of nitriles is 1. The largest absolute Gasteiger partial charge is 0.420 e. The average molecular weight is 380 g/mol. The molecule has 5 nitrogen and oxygen atoms in total. The minimum absolute atomic E-state index is 0.122. The van der Waals surface area contributed by atoms with Crippen molar-refractivity contribution in [1.82, 2.24) is 10.2 Å². The predicted molar refractivity (Wildman–Crippen MR) is 113 cm³/mol. The van der Waals surface area contributed by atoms with Crippen molar-refractivity contribution in [2.45, 2.75) is 25.7 Å². The Labute approximate surface area is 168 Å². The van der Waals surface area contributed by atoms with Gasteiger partial charge in [0.05, 0.1) is 11.5 Å². The normalized spacial score (nSPS) is 15.9. The van der Waals surface area contributed by atoms with E-state index in [0.717, 1.165) is 51.2 Å². The number of aryl methyl sites for hydroxylation is 1. The van der Waals surface area contributed by atoms with Crippen molar-refractivity contribution in [3.8, 4) is 11.9 Å². The summed E-state index contributed by atoms with van der Waals surface area (Å²) in [7, 11) is 0. The number of ether oxygens (including phenoxy) is 1. The van der Waals surface area contributed by atoms with Gasteiger partial charge in [0, 0.05) is 5.69 Å². The van der Waals surface area contributed by atoms with Crippen LogP contribution in [0.5, 0.6) is 5.88 Å². The monoisotopic (exact) mass is 380 g/mol. The first kappa shape index (κ1) is 17.3. The van der Waals surface area contributed by atoms with E-state index < -0.39 is 0 Å². The summed E-state index contributed by atoms with van der Waals surface area (Å²) in [5.74, 6) is 0.253. The second-order valence-electron chi connectivity index (χ2n) is 7.33. The molecule has 1 unspecified atom stereocenters. The van der Waals surface area contributed by atoms with Gasteiger partial charge in [0.15, 0.2) is 0 Å². The molecule has 2 heterocycles. The molecule has 4 aromatic rings. The molecule has 0 radical (unpaired) electrons. The number of hydrogen-bond acceptors (Lipinski definition) is 4. The summed E-state index contributed by atoms with van der Waals surface area (Å²) in [5.41, 5.74) is 9.59. The summed E-state index contributed by atoms with van der Waals surface area (Å²) in [6.07, 6.45) is 1.78. The highest BCUT2D eigenvalue weighted by Gasteiger charge is 2.36. The Kier molecular flexibility index (Phi) is 3.99. The Morgan fingerprint density at radius 3 is 2.34 bits per heavy atom. The zero-order valence-electron chi connectivity index (χ0n) is 16.1. The van der Waals surface area contributed by atoms with Crippen LogP contribution in [0.15, 0.2) is 66.1 Å². The van der Waals surface area contributed by atoms with Gasteiger partial charge < -0.3 is 10.5 Å². The molecule has 0 saturated carbocycles. The number of aromatic amines is 1. The molecule has 0 spiro atoms. The molecule has 0 fully saturated rings. The zero-order chi connectivity index (χ0) is 20.0. The maximum absolute atomic E-state index is 10.0. The number of fused-ring (bicyclic) bond motifs is 3. The van der Waals surface area contributed by atoms with E-state index in [1.165, 1.54) is 0 Å². The van der Waals surface area contributed by atoms with Gasteiger partial charge in [-0.2, -0.15) is 5.26 Å². The third-order valence-electron chi connectivity index (χ3n) is 5.62. The van der Waals surface area contributed by atoms with Crippen LogP contribution in [0, 0.1) is 11.3 Å². The molecule has 1 aliphatic heterocycles. The Bertz CT molecular complexity index is 1270. The molecule has 142 valence electrons. The lowest BCUT2D eigenvalue weighted by Crippen LogP contribution is -2.21. The molecule has 1 atom stereocenters. The fourth-order valence-corrected chi connectivity index (χ4v) is 4.40. The first-order valence-electron chi connectivity index (χ1n) is 9.78. The quantitative estimate of drug-likeness (QED) is 0.496. The molecule has 0 bridgehead atoms. The van der Waals surface area contributed by atoms with E-state index in [1.54, 1.807) is 0 Å². The molecule has 1 aliphatic rings. The zero-order valence-corrected chi connectivity index (χ0v) is 16.1. The summed E-state index contributed by atoms with van der Waals surface area (Å²) < 4.78 is 5.73. The van der Waals surface area contributed by atoms with Crippen molar-refractivity contribution in [3.63, 3.8) is 0 Å². The van der Waals surface area contributed by atoms with Gasteiger partial charge in [-0.05, 0) is 39.6 Å². The lowest BCUT2D eigenvalue weighted by Gasteiger charge is -2.26. The average Bonchev–Trinajstić information content (AvgIpc) is 3.13. The van der Waals surface area contributed by atoms with Gasteiger partial charge in [0.2, 0.25) is 11.8 Å². The number of allylic oxidation sites excluding steroid dienone is 1. The van der Waals surface area contributed by atoms with Crippen LogP contribution in [0.1, 0.15) is 36.1 Å². The van der Waals surface area contributed by atoms with Gasteiger partial charge in [0.25, 0.3) is 0 Å². The van der Waals surface area contributed by atoms with E-state index >= 15 is 0 Å². The van der Waals surface area contributed by atoms with Gasteiger partial charge in [-0.25, -0.2) is 0 Å². The second-order valence-corrected chi connectivity index (χ2v) is 7.33. The second kappa shape index (κ2) is 6.68. The van der Waals surface area contributed by atoms with Crippen LogP contribution in [-0.4, -0.2) is 10.2 Å². The van der Waals surface area contributed by atoms with Gasteiger partial charge >= 0.3 is 0 Å². The van der Waals surface area contributed by atoms with E-state index in [1.807, 2.05) is 24.3 Å². The smallest absolute Gasteiger partial charge is 0.244 e. The van der Waals surface area contributed by atoms with Crippen molar-refractivity contribution in [2.24, 2.45) is 5.73 Å². The lowest BCUT2D eigenvalue weighted by atomic mass is 9.79. The highest BCUT2D eigenvalue weighted by atomic mass is 16.5. The van der Waals surface area contributed by atoms with Crippen LogP contribution < -0.4 is 10.5 Å². The van der Waals surface area contributed by atoms with E-state index in [9.17, 15) is 5.26 Å². The summed E-state index contributed by atoms with van der Waals surface area (Å²) in [6, 6.07) is 21.1. The molecule has 5 rings (SSSR count). The van der Waals surface area contributed by atoms with E-state index in [4.69, 9.17) is 10.5 Å². The highest BCUT2D eigenvalue weighted by Crippen LogP contribution is 2.47. The SMILES string of the molecule is CCCc1[nH]nc2c1C(c1c3ccccc3cc3ccccc13)C(C#N)=C(N)O2. The number of hydrogen-bond donors (Lipinski definition) is 2. The Morgan fingerprint density at radius 2 is 1.72 bits per heavy atom. The molecular weight excluding hydrogens is 360 g/mol. The van der Waals surface area contributed by atoms with Crippen molar-refractivity contribution >= 4 is 21.5 Å². The van der Waals surface area contributed by atoms with Crippen LogP contribution in [0.25, 0.3) is 21.5 Å². The van der Waals surface area contributed by atoms with Crippen molar-refractivity contribution in [1.29, 1.82) is 5.26 Å². The van der Waals surface area contributed by atoms with Crippen molar-refractivity contribution < 1.29 is 4.74 Å². The van der Waals surface area contributed by atoms with Crippen LogP contribution in [0.2, 0.25) is 0 Å². The number of nitrogens with one attached hydrogen (secondary N) is 1. The maximum atomic E-state index is 10.0. The number of benzene rings is 3. The van der Waals surface area contributed by atoms with Crippen molar-refractivity contribution in [2.75, 3.05) is 0 Å². The van der Waals surface area contributed by atoms with Crippen molar-refractivity contribution in [3.05, 3.63) is 82.9 Å². The summed E-state index contributed by atoms with van der Waals surface area (Å²) in [6.45, 7) is 2.12. The van der Waals surface area contributed by atoms with Crippen LogP contribution in [-0.2, 0) is 6.42 Å². The number of nitrogens with two attached hydrogens (primary N) is 1. The predicted octanol–water partition coefficient (Wildman–Crippen LogP) is 4.89. The van der Waals surface area contributed by atoms with Crippen LogP contribution in [0.4, 0.5) is 0 Å². The fraction of sp³-hybridized carbons (Fsp3) is 0.167. The lowest BCUT2D eigenvalue weighted by molar-refractivity contribution is 0.379. The topological polar surface area (TPSA) is 87.7 Å². The molecule has 0 saturated heterocycles. The molecule has 3 aromatic carbocycles. The number of rotatable bonds is 3. The Hall–Kier alpha value is -3.78. The van der Waals surface area contributed by atoms with Gasteiger partial charge in [0.1, 0.15) is 11.6 Å². The fourth-order valence-electron chi connectivity index (χ4n) is 4.40. The number of H-pyrrole nitrogens is 1. The first-order chi connectivity index (χ1) is 14.2. The van der Waals surface area contributed by atoms with Gasteiger partial charge in [-0.3, -0.25) is 5.10 Å². The third-order valence-corrected chi connectivity index (χ3v) is 5.62. The summed E-state index contributed by atoms with van der Waals surface area (Å²) in [5, 5.41) is 22.0. The molecule has 3 N–H and O–H groups in total. The third kappa shape index (κ3) is 2.57. The minimum Gasteiger partial charge on any atom is -0.420 e. The van der Waals surface area contributed by atoms with Gasteiger partial charge in [-0.15, -0.1) is 5.10 Å². The van der Waals surface area contributed by atoms with Crippen LogP contribution >= 0.6 is 0 Å². The first-order valence-corrected chi connectivity index (χ1v) is 9.78. The minimum atomic E-state index is -0.333. The summed E-state index contributed by atoms with van der Waals surface area (Å²) in [4.78, 5) is 0.